The largest absolute Gasteiger partial charge is 0.507 e. The van der Waals surface area contributed by atoms with E-state index < -0.39 is 10.1 Å². The molecular weight excluding hydrogens is 316 g/mol. The van der Waals surface area contributed by atoms with Crippen LogP contribution in [0.3, 0.4) is 0 Å². The monoisotopic (exact) mass is 342 g/mol. The molecule has 0 spiro atoms. The van der Waals surface area contributed by atoms with Gasteiger partial charge in [-0.3, -0.25) is 4.55 Å². The predicted octanol–water partition coefficient (Wildman–Crippen LogP) is 3.13. The Kier molecular flexibility index (Phi) is 6.44. The summed E-state index contributed by atoms with van der Waals surface area (Å²) in [5, 5.41) is 10.4. The molecule has 0 amide bonds. The van der Waals surface area contributed by atoms with Gasteiger partial charge in [-0.2, -0.15) is 8.42 Å². The second-order valence-corrected chi connectivity index (χ2v) is 8.01. The van der Waals surface area contributed by atoms with E-state index in [0.717, 1.165) is 24.0 Å². The van der Waals surface area contributed by atoms with Crippen LogP contribution in [-0.2, 0) is 21.3 Å². The maximum Gasteiger partial charge on any atom is 0.265 e. The molecule has 2 rings (SSSR count). The van der Waals surface area contributed by atoms with Gasteiger partial charge in [0, 0.05) is 0 Å². The fourth-order valence-corrected chi connectivity index (χ4v) is 4.07. The van der Waals surface area contributed by atoms with E-state index >= 15 is 0 Å². The van der Waals surface area contributed by atoms with Gasteiger partial charge in [-0.1, -0.05) is 38.0 Å². The molecule has 0 bridgehead atoms. The van der Waals surface area contributed by atoms with E-state index in [9.17, 15) is 13.5 Å². The van der Waals surface area contributed by atoms with Crippen molar-refractivity contribution in [3.63, 3.8) is 0 Å². The molecule has 1 aliphatic rings. The van der Waals surface area contributed by atoms with Crippen LogP contribution in [0.1, 0.15) is 49.7 Å². The van der Waals surface area contributed by atoms with Crippen molar-refractivity contribution in [2.75, 3.05) is 19.0 Å². The number of aromatic hydroxyl groups is 1. The summed E-state index contributed by atoms with van der Waals surface area (Å²) in [6, 6.07) is 5.88. The minimum atomic E-state index is -3.95. The lowest BCUT2D eigenvalue weighted by atomic mass is 9.94. The first-order valence-corrected chi connectivity index (χ1v) is 9.81. The summed E-state index contributed by atoms with van der Waals surface area (Å²) >= 11 is 0. The smallest absolute Gasteiger partial charge is 0.265 e. The minimum Gasteiger partial charge on any atom is -0.507 e. The zero-order valence-electron chi connectivity index (χ0n) is 13.6. The lowest BCUT2D eigenvalue weighted by Crippen LogP contribution is -2.18. The second-order valence-electron chi connectivity index (χ2n) is 6.52. The predicted molar refractivity (Wildman–Crippen MR) is 89.4 cm³/mol. The molecule has 1 fully saturated rings. The highest BCUT2D eigenvalue weighted by Crippen LogP contribution is 2.39. The summed E-state index contributed by atoms with van der Waals surface area (Å²) < 4.78 is 35.8. The summed E-state index contributed by atoms with van der Waals surface area (Å²) in [6.45, 7) is 2.40. The number of benzene rings is 1. The van der Waals surface area contributed by atoms with Gasteiger partial charge in [0.25, 0.3) is 10.1 Å². The van der Waals surface area contributed by atoms with Gasteiger partial charge < -0.3 is 9.84 Å². The van der Waals surface area contributed by atoms with Crippen molar-refractivity contribution in [2.24, 2.45) is 5.92 Å². The van der Waals surface area contributed by atoms with Gasteiger partial charge in [-0.05, 0) is 42.2 Å². The SMILES string of the molecule is CC(COCCc1cccc(C2CCCC2)c1O)CS(=O)(=O)O. The number of ether oxygens (including phenoxy) is 1. The third-order valence-electron chi connectivity index (χ3n) is 4.36. The van der Waals surface area contributed by atoms with Gasteiger partial charge >= 0.3 is 0 Å². The van der Waals surface area contributed by atoms with Crippen LogP contribution in [-0.4, -0.2) is 37.0 Å². The molecule has 1 unspecified atom stereocenters. The molecule has 1 aliphatic carbocycles. The fraction of sp³-hybridized carbons (Fsp3) is 0.647. The summed E-state index contributed by atoms with van der Waals surface area (Å²) in [7, 11) is -3.95. The molecule has 0 aromatic heterocycles. The Morgan fingerprint density at radius 3 is 2.65 bits per heavy atom. The Labute approximate surface area is 138 Å². The van der Waals surface area contributed by atoms with Crippen LogP contribution in [0.4, 0.5) is 0 Å². The molecule has 1 saturated carbocycles. The molecule has 0 heterocycles. The average Bonchev–Trinajstić information content (AvgIpc) is 2.97. The molecule has 130 valence electrons. The third kappa shape index (κ3) is 5.79. The van der Waals surface area contributed by atoms with Crippen LogP contribution < -0.4 is 0 Å². The molecule has 0 aliphatic heterocycles. The van der Waals surface area contributed by atoms with E-state index in [4.69, 9.17) is 9.29 Å². The number of phenols is 1. The van der Waals surface area contributed by atoms with Crippen molar-refractivity contribution >= 4 is 10.1 Å². The molecule has 2 N–H and O–H groups in total. The fourth-order valence-electron chi connectivity index (χ4n) is 3.25. The highest BCUT2D eigenvalue weighted by Gasteiger charge is 2.21. The zero-order chi connectivity index (χ0) is 16.9. The van der Waals surface area contributed by atoms with Crippen molar-refractivity contribution < 1.29 is 22.8 Å². The maximum absolute atomic E-state index is 10.8. The van der Waals surface area contributed by atoms with Crippen molar-refractivity contribution in [1.82, 2.24) is 0 Å². The number of hydrogen-bond acceptors (Lipinski definition) is 4. The molecular formula is C17H26O5S. The van der Waals surface area contributed by atoms with E-state index in [1.165, 1.54) is 12.8 Å². The van der Waals surface area contributed by atoms with Crippen molar-refractivity contribution in [3.05, 3.63) is 29.3 Å². The number of rotatable bonds is 8. The molecule has 1 aromatic carbocycles. The Morgan fingerprint density at radius 1 is 1.30 bits per heavy atom. The molecule has 1 aromatic rings. The highest BCUT2D eigenvalue weighted by atomic mass is 32.2. The molecule has 0 saturated heterocycles. The van der Waals surface area contributed by atoms with Crippen LogP contribution in [0.2, 0.25) is 0 Å². The van der Waals surface area contributed by atoms with Crippen LogP contribution in [0.15, 0.2) is 18.2 Å². The van der Waals surface area contributed by atoms with Crippen molar-refractivity contribution in [1.29, 1.82) is 0 Å². The van der Waals surface area contributed by atoms with Crippen LogP contribution in [0.5, 0.6) is 5.75 Å². The van der Waals surface area contributed by atoms with E-state index in [2.05, 4.69) is 0 Å². The van der Waals surface area contributed by atoms with Gasteiger partial charge in [0.2, 0.25) is 0 Å². The van der Waals surface area contributed by atoms with Gasteiger partial charge in [0.05, 0.1) is 19.0 Å². The summed E-state index contributed by atoms with van der Waals surface area (Å²) in [5.41, 5.74) is 1.91. The third-order valence-corrected chi connectivity index (χ3v) is 5.35. The van der Waals surface area contributed by atoms with E-state index in [1.54, 1.807) is 6.92 Å². The standard InChI is InChI=1S/C17H26O5S/c1-13(12-23(19,20)21)11-22-10-9-15-7-4-8-16(17(15)18)14-5-2-3-6-14/h4,7-8,13-14,18H,2-3,5-6,9-12H2,1H3,(H,19,20,21). The van der Waals surface area contributed by atoms with Gasteiger partial charge in [0.1, 0.15) is 5.75 Å². The Bertz CT molecular complexity index is 605. The van der Waals surface area contributed by atoms with Crippen LogP contribution >= 0.6 is 0 Å². The second kappa shape index (κ2) is 8.13. The Balaban J connectivity index is 1.83. The number of hydrogen-bond donors (Lipinski definition) is 2. The molecule has 1 atom stereocenters. The normalized spacial score (nSPS) is 17.5. The zero-order valence-corrected chi connectivity index (χ0v) is 14.4. The summed E-state index contributed by atoms with van der Waals surface area (Å²) in [6.07, 6.45) is 5.32. The van der Waals surface area contributed by atoms with Crippen LogP contribution in [0, 0.1) is 5.92 Å². The first kappa shape index (κ1) is 18.2. The quantitative estimate of drug-likeness (QED) is 0.560. The number of para-hydroxylation sites is 1. The van der Waals surface area contributed by atoms with E-state index in [0.29, 0.717) is 24.7 Å². The Morgan fingerprint density at radius 2 is 2.00 bits per heavy atom. The van der Waals surface area contributed by atoms with Gasteiger partial charge in [-0.15, -0.1) is 0 Å². The van der Waals surface area contributed by atoms with Crippen molar-refractivity contribution in [2.45, 2.75) is 44.9 Å². The van der Waals surface area contributed by atoms with Crippen LogP contribution in [0.25, 0.3) is 0 Å². The molecule has 6 heteroatoms. The average molecular weight is 342 g/mol. The maximum atomic E-state index is 10.8. The first-order chi connectivity index (χ1) is 10.9. The summed E-state index contributed by atoms with van der Waals surface area (Å²) in [4.78, 5) is 0. The Hall–Kier alpha value is -1.11. The van der Waals surface area contributed by atoms with E-state index in [-0.39, 0.29) is 18.3 Å². The minimum absolute atomic E-state index is 0.261. The molecule has 0 radical (unpaired) electrons. The topological polar surface area (TPSA) is 83.8 Å². The lowest BCUT2D eigenvalue weighted by Gasteiger charge is -2.15. The van der Waals surface area contributed by atoms with Crippen molar-refractivity contribution in [3.8, 4) is 5.75 Å². The number of phenolic OH excluding ortho intramolecular Hbond substituents is 1. The van der Waals surface area contributed by atoms with Gasteiger partial charge in [-0.25, -0.2) is 0 Å². The van der Waals surface area contributed by atoms with E-state index in [1.807, 2.05) is 18.2 Å². The summed E-state index contributed by atoms with van der Waals surface area (Å²) in [5.74, 6) is 0.290. The van der Waals surface area contributed by atoms with Gasteiger partial charge in [0.15, 0.2) is 0 Å². The molecule has 5 nitrogen and oxygen atoms in total. The highest BCUT2D eigenvalue weighted by molar-refractivity contribution is 7.85. The lowest BCUT2D eigenvalue weighted by molar-refractivity contribution is 0.112. The first-order valence-electron chi connectivity index (χ1n) is 8.20. The molecule has 23 heavy (non-hydrogen) atoms.